The van der Waals surface area contributed by atoms with Crippen molar-refractivity contribution in [3.05, 3.63) is 58.0 Å². The van der Waals surface area contributed by atoms with Gasteiger partial charge in [-0.25, -0.2) is 10.5 Å². The second-order valence-electron chi connectivity index (χ2n) is 6.68. The fourth-order valence-corrected chi connectivity index (χ4v) is 3.31. The van der Waals surface area contributed by atoms with Gasteiger partial charge >= 0.3 is 0 Å². The number of aryl methyl sites for hydroxylation is 1. The molecule has 0 spiro atoms. The van der Waals surface area contributed by atoms with E-state index in [4.69, 9.17) is 28.0 Å². The van der Waals surface area contributed by atoms with Crippen LogP contribution >= 0.6 is 23.2 Å². The van der Waals surface area contributed by atoms with Crippen molar-refractivity contribution in [3.63, 3.8) is 0 Å². The minimum absolute atomic E-state index is 0.325. The zero-order valence-corrected chi connectivity index (χ0v) is 16.1. The third kappa shape index (κ3) is 3.88. The summed E-state index contributed by atoms with van der Waals surface area (Å²) in [7, 11) is 0. The fourth-order valence-electron chi connectivity index (χ4n) is 2.74. The van der Waals surface area contributed by atoms with Gasteiger partial charge in [-0.05, 0) is 43.4 Å². The molecule has 6 nitrogen and oxygen atoms in total. The van der Waals surface area contributed by atoms with Crippen LogP contribution in [0, 0.1) is 12.8 Å². The first-order chi connectivity index (χ1) is 13.0. The van der Waals surface area contributed by atoms with Gasteiger partial charge < -0.3 is 9.72 Å². The predicted molar refractivity (Wildman–Crippen MR) is 106 cm³/mol. The molecule has 1 aliphatic carbocycles. The number of aromatic nitrogens is 2. The summed E-state index contributed by atoms with van der Waals surface area (Å²) in [5, 5.41) is 4.04. The maximum Gasteiger partial charge on any atom is 0.278 e. The largest absolute Gasteiger partial charge is 0.352 e. The second-order valence-corrected chi connectivity index (χ2v) is 7.47. The molecule has 1 aliphatic rings. The molecule has 2 N–H and O–H groups in total. The Bertz CT molecular complexity index is 1010. The van der Waals surface area contributed by atoms with E-state index in [2.05, 4.69) is 15.8 Å². The summed E-state index contributed by atoms with van der Waals surface area (Å²) in [4.78, 5) is 22.3. The number of halogens is 2. The third-order valence-corrected chi connectivity index (χ3v) is 5.10. The molecule has 1 saturated carbocycles. The van der Waals surface area contributed by atoms with Crippen LogP contribution in [0.4, 0.5) is 11.4 Å². The first-order valence-corrected chi connectivity index (χ1v) is 9.39. The first kappa shape index (κ1) is 18.1. The summed E-state index contributed by atoms with van der Waals surface area (Å²) in [6, 6.07) is 5.61. The van der Waals surface area contributed by atoms with E-state index in [0.717, 1.165) is 18.4 Å². The van der Waals surface area contributed by atoms with Crippen molar-refractivity contribution in [2.75, 3.05) is 11.9 Å². The Labute approximate surface area is 166 Å². The molecule has 1 aromatic carbocycles. The standard InChI is InChI=1S/C19H18Cl2N4O2/c1-11-2-5-15(14(20)8-11)23-17-13(19(26)24-27-10-12-3-4-12)9-25-7-6-22-18(25)16(17)21/h2,5-9,12,23H,3-4,10H2,1H3,(H,24,26). The summed E-state index contributed by atoms with van der Waals surface area (Å²) in [6.45, 7) is 2.47. The van der Waals surface area contributed by atoms with Gasteiger partial charge in [0.2, 0.25) is 0 Å². The Kier molecular flexibility index (Phi) is 4.95. The zero-order valence-electron chi connectivity index (χ0n) is 14.6. The summed E-state index contributed by atoms with van der Waals surface area (Å²) in [6.07, 6.45) is 7.29. The molecule has 2 heterocycles. The normalized spacial score (nSPS) is 13.7. The topological polar surface area (TPSA) is 67.7 Å². The van der Waals surface area contributed by atoms with Crippen molar-refractivity contribution in [2.45, 2.75) is 19.8 Å². The van der Waals surface area contributed by atoms with Crippen LogP contribution in [0.1, 0.15) is 28.8 Å². The molecule has 3 aromatic rings. The van der Waals surface area contributed by atoms with Gasteiger partial charge in [-0.2, -0.15) is 0 Å². The van der Waals surface area contributed by atoms with E-state index >= 15 is 0 Å². The van der Waals surface area contributed by atoms with Gasteiger partial charge in [0, 0.05) is 18.6 Å². The zero-order chi connectivity index (χ0) is 19.0. The highest BCUT2D eigenvalue weighted by molar-refractivity contribution is 6.37. The SMILES string of the molecule is Cc1ccc(Nc2c(C(=O)NOCC3CC3)cn3ccnc3c2Cl)c(Cl)c1. The number of pyridine rings is 1. The van der Waals surface area contributed by atoms with Crippen molar-refractivity contribution >= 4 is 46.1 Å². The van der Waals surface area contributed by atoms with Gasteiger partial charge in [0.15, 0.2) is 5.65 Å². The van der Waals surface area contributed by atoms with Crippen molar-refractivity contribution in [3.8, 4) is 0 Å². The van der Waals surface area contributed by atoms with E-state index in [1.165, 1.54) is 0 Å². The molecular formula is C19H18Cl2N4O2. The number of carbonyl (C=O) groups is 1. The van der Waals surface area contributed by atoms with Crippen LogP contribution in [0.5, 0.6) is 0 Å². The van der Waals surface area contributed by atoms with Crippen molar-refractivity contribution in [2.24, 2.45) is 5.92 Å². The lowest BCUT2D eigenvalue weighted by atomic mass is 10.2. The molecule has 1 amide bonds. The Balaban J connectivity index is 1.69. The van der Waals surface area contributed by atoms with Crippen LogP contribution in [0.15, 0.2) is 36.8 Å². The van der Waals surface area contributed by atoms with E-state index < -0.39 is 0 Å². The average Bonchev–Trinajstić information content (AvgIpc) is 3.33. The van der Waals surface area contributed by atoms with E-state index in [1.54, 1.807) is 23.0 Å². The molecule has 140 valence electrons. The molecule has 0 bridgehead atoms. The number of nitrogens with one attached hydrogen (secondary N) is 2. The lowest BCUT2D eigenvalue weighted by Gasteiger charge is -2.16. The average molecular weight is 405 g/mol. The van der Waals surface area contributed by atoms with Crippen LogP contribution in [0.2, 0.25) is 10.0 Å². The second kappa shape index (κ2) is 7.38. The van der Waals surface area contributed by atoms with E-state index in [1.807, 2.05) is 25.1 Å². The summed E-state index contributed by atoms with van der Waals surface area (Å²) in [5.74, 6) is 0.146. The molecular weight excluding hydrogens is 387 g/mol. The molecule has 0 saturated heterocycles. The summed E-state index contributed by atoms with van der Waals surface area (Å²) < 4.78 is 1.69. The molecule has 0 aliphatic heterocycles. The monoisotopic (exact) mass is 404 g/mol. The quantitative estimate of drug-likeness (QED) is 0.580. The van der Waals surface area contributed by atoms with Gasteiger partial charge in [-0.3, -0.25) is 9.63 Å². The molecule has 0 radical (unpaired) electrons. The Morgan fingerprint density at radius 2 is 2.19 bits per heavy atom. The number of imidazole rings is 1. The summed E-state index contributed by atoms with van der Waals surface area (Å²) >= 11 is 12.9. The Morgan fingerprint density at radius 1 is 1.37 bits per heavy atom. The van der Waals surface area contributed by atoms with Crippen molar-refractivity contribution < 1.29 is 9.63 Å². The number of carbonyl (C=O) groups excluding carboxylic acids is 1. The van der Waals surface area contributed by atoms with Gasteiger partial charge in [-0.1, -0.05) is 29.3 Å². The molecule has 4 rings (SSSR count). The minimum Gasteiger partial charge on any atom is -0.352 e. The number of hydroxylamine groups is 1. The summed E-state index contributed by atoms with van der Waals surface area (Å²) in [5.41, 5.74) is 5.48. The molecule has 0 unspecified atom stereocenters. The van der Waals surface area contributed by atoms with Crippen molar-refractivity contribution in [1.82, 2.24) is 14.9 Å². The number of benzene rings is 1. The molecule has 2 aromatic heterocycles. The molecule has 0 atom stereocenters. The molecule has 1 fully saturated rings. The van der Waals surface area contributed by atoms with E-state index in [9.17, 15) is 4.79 Å². The maximum absolute atomic E-state index is 12.7. The van der Waals surface area contributed by atoms with Crippen LogP contribution in [-0.4, -0.2) is 21.9 Å². The fraction of sp³-hybridized carbons (Fsp3) is 0.263. The number of hydrogen-bond acceptors (Lipinski definition) is 4. The highest BCUT2D eigenvalue weighted by atomic mass is 35.5. The number of rotatable bonds is 6. The van der Waals surface area contributed by atoms with Crippen LogP contribution in [0.3, 0.4) is 0 Å². The smallest absolute Gasteiger partial charge is 0.278 e. The number of amides is 1. The lowest BCUT2D eigenvalue weighted by Crippen LogP contribution is -2.26. The van der Waals surface area contributed by atoms with Gasteiger partial charge in [0.1, 0.15) is 5.02 Å². The first-order valence-electron chi connectivity index (χ1n) is 8.63. The van der Waals surface area contributed by atoms with Gasteiger partial charge in [-0.15, -0.1) is 0 Å². The molecule has 27 heavy (non-hydrogen) atoms. The van der Waals surface area contributed by atoms with Crippen LogP contribution in [-0.2, 0) is 4.84 Å². The van der Waals surface area contributed by atoms with Crippen LogP contribution in [0.25, 0.3) is 5.65 Å². The molecule has 8 heteroatoms. The number of hydrogen-bond donors (Lipinski definition) is 2. The number of anilines is 2. The van der Waals surface area contributed by atoms with Gasteiger partial charge in [0.05, 0.1) is 28.6 Å². The van der Waals surface area contributed by atoms with Crippen LogP contribution < -0.4 is 10.8 Å². The number of nitrogens with zero attached hydrogens (tertiary/aromatic N) is 2. The number of fused-ring (bicyclic) bond motifs is 1. The lowest BCUT2D eigenvalue weighted by molar-refractivity contribution is 0.0270. The predicted octanol–water partition coefficient (Wildman–Crippen LogP) is 4.76. The minimum atomic E-state index is -0.390. The van der Waals surface area contributed by atoms with Gasteiger partial charge in [0.25, 0.3) is 5.91 Å². The van der Waals surface area contributed by atoms with Crippen molar-refractivity contribution in [1.29, 1.82) is 0 Å². The Hall–Kier alpha value is -2.28. The third-order valence-electron chi connectivity index (χ3n) is 4.43. The Morgan fingerprint density at radius 3 is 2.93 bits per heavy atom. The highest BCUT2D eigenvalue weighted by Gasteiger charge is 2.23. The highest BCUT2D eigenvalue weighted by Crippen LogP contribution is 2.35. The van der Waals surface area contributed by atoms with E-state index in [-0.39, 0.29) is 5.91 Å². The maximum atomic E-state index is 12.7. The van der Waals surface area contributed by atoms with E-state index in [0.29, 0.717) is 45.2 Å².